The Kier molecular flexibility index (Phi) is 3.83. The molecule has 0 radical (unpaired) electrons. The fraction of sp³-hybridized carbons (Fsp3) is 0.143. The van der Waals surface area contributed by atoms with Crippen molar-refractivity contribution in [3.63, 3.8) is 0 Å². The van der Waals surface area contributed by atoms with Crippen molar-refractivity contribution in [3.8, 4) is 0 Å². The van der Waals surface area contributed by atoms with Gasteiger partial charge in [0, 0.05) is 16.1 Å². The first-order valence-electron chi connectivity index (χ1n) is 5.57. The van der Waals surface area contributed by atoms with Crippen molar-refractivity contribution < 1.29 is 13.2 Å². The first-order chi connectivity index (χ1) is 8.91. The van der Waals surface area contributed by atoms with Crippen molar-refractivity contribution in [2.45, 2.75) is 13.0 Å². The van der Waals surface area contributed by atoms with Gasteiger partial charge in [0.15, 0.2) is 11.6 Å². The number of hydrogen-bond acceptors (Lipinski definition) is 1. The van der Waals surface area contributed by atoms with E-state index in [1.807, 2.05) is 0 Å². The fourth-order valence-electron chi connectivity index (χ4n) is 1.82. The monoisotopic (exact) mass is 285 g/mol. The highest BCUT2D eigenvalue weighted by Gasteiger charge is 2.20. The van der Waals surface area contributed by atoms with Gasteiger partial charge in [-0.05, 0) is 30.7 Å². The number of hydrogen-bond donors (Lipinski definition) is 1. The summed E-state index contributed by atoms with van der Waals surface area (Å²) in [6.07, 6.45) is 0. The van der Waals surface area contributed by atoms with Gasteiger partial charge >= 0.3 is 0 Å². The van der Waals surface area contributed by atoms with E-state index in [1.165, 1.54) is 31.2 Å². The van der Waals surface area contributed by atoms with E-state index in [1.54, 1.807) is 0 Å². The molecule has 0 spiro atoms. The van der Waals surface area contributed by atoms with Crippen LogP contribution in [-0.2, 0) is 0 Å². The molecule has 19 heavy (non-hydrogen) atoms. The van der Waals surface area contributed by atoms with Crippen molar-refractivity contribution in [1.29, 1.82) is 0 Å². The minimum absolute atomic E-state index is 0.0228. The van der Waals surface area contributed by atoms with Crippen LogP contribution in [0.15, 0.2) is 30.3 Å². The molecule has 0 aliphatic rings. The van der Waals surface area contributed by atoms with Crippen LogP contribution in [0.1, 0.15) is 22.7 Å². The van der Waals surface area contributed by atoms with Gasteiger partial charge in [-0.1, -0.05) is 23.7 Å². The molecule has 2 N–H and O–H groups in total. The molecule has 1 nitrogen and oxygen atoms in total. The highest BCUT2D eigenvalue weighted by atomic mass is 35.5. The smallest absolute Gasteiger partial charge is 0.164 e. The van der Waals surface area contributed by atoms with Crippen molar-refractivity contribution in [3.05, 3.63) is 69.5 Å². The van der Waals surface area contributed by atoms with Gasteiger partial charge < -0.3 is 5.73 Å². The molecule has 0 saturated carbocycles. The van der Waals surface area contributed by atoms with Crippen LogP contribution in [0.3, 0.4) is 0 Å². The molecule has 5 heteroatoms. The Balaban J connectivity index is 2.53. The molecule has 0 heterocycles. The summed E-state index contributed by atoms with van der Waals surface area (Å²) >= 11 is 5.75. The van der Waals surface area contributed by atoms with Crippen LogP contribution in [0.5, 0.6) is 0 Å². The lowest BCUT2D eigenvalue weighted by molar-refractivity contribution is 0.487. The van der Waals surface area contributed by atoms with E-state index in [2.05, 4.69) is 0 Å². The maximum Gasteiger partial charge on any atom is 0.164 e. The number of rotatable bonds is 2. The fourth-order valence-corrected chi connectivity index (χ4v) is 2.00. The topological polar surface area (TPSA) is 26.0 Å². The molecular formula is C14H11ClF3N. The predicted molar refractivity (Wildman–Crippen MR) is 68.5 cm³/mol. The van der Waals surface area contributed by atoms with Crippen LogP contribution in [0.25, 0.3) is 0 Å². The summed E-state index contributed by atoms with van der Waals surface area (Å²) in [6.45, 7) is 1.44. The Morgan fingerprint density at radius 2 is 1.68 bits per heavy atom. The average molecular weight is 286 g/mol. The Morgan fingerprint density at radius 3 is 2.37 bits per heavy atom. The molecule has 0 amide bonds. The summed E-state index contributed by atoms with van der Waals surface area (Å²) in [4.78, 5) is 0. The van der Waals surface area contributed by atoms with E-state index in [9.17, 15) is 13.2 Å². The summed E-state index contributed by atoms with van der Waals surface area (Å²) in [5, 5.41) is 0.278. The van der Waals surface area contributed by atoms with Gasteiger partial charge in [-0.2, -0.15) is 0 Å². The van der Waals surface area contributed by atoms with Crippen LogP contribution < -0.4 is 5.73 Å². The lowest BCUT2D eigenvalue weighted by Gasteiger charge is -2.15. The van der Waals surface area contributed by atoms with Crippen LogP contribution in [0.2, 0.25) is 5.02 Å². The Hall–Kier alpha value is -1.52. The van der Waals surface area contributed by atoms with Crippen molar-refractivity contribution in [1.82, 2.24) is 0 Å². The highest BCUT2D eigenvalue weighted by Crippen LogP contribution is 2.28. The van der Waals surface area contributed by atoms with Crippen molar-refractivity contribution >= 4 is 11.6 Å². The quantitative estimate of drug-likeness (QED) is 0.883. The molecular weight excluding hydrogens is 275 g/mol. The molecule has 1 unspecified atom stereocenters. The molecule has 0 aliphatic heterocycles. The molecule has 2 rings (SSSR count). The molecule has 2 aromatic carbocycles. The van der Waals surface area contributed by atoms with Gasteiger partial charge in [0.1, 0.15) is 5.82 Å². The van der Waals surface area contributed by atoms with Gasteiger partial charge in [0.2, 0.25) is 0 Å². The minimum Gasteiger partial charge on any atom is -0.320 e. The van der Waals surface area contributed by atoms with Gasteiger partial charge in [-0.3, -0.25) is 0 Å². The van der Waals surface area contributed by atoms with E-state index in [0.717, 1.165) is 6.07 Å². The minimum atomic E-state index is -1.12. The number of nitrogens with two attached hydrogens (primary N) is 1. The van der Waals surface area contributed by atoms with Gasteiger partial charge in [0.25, 0.3) is 0 Å². The largest absolute Gasteiger partial charge is 0.320 e. The lowest BCUT2D eigenvalue weighted by atomic mass is 9.97. The first kappa shape index (κ1) is 13.9. The molecule has 0 aliphatic carbocycles. The third-order valence-corrected chi connectivity index (χ3v) is 3.17. The van der Waals surface area contributed by atoms with E-state index in [4.69, 9.17) is 17.3 Å². The summed E-state index contributed by atoms with van der Waals surface area (Å²) < 4.78 is 41.0. The number of halogens is 4. The summed E-state index contributed by atoms with van der Waals surface area (Å²) in [5.74, 6) is -2.65. The second-order valence-corrected chi connectivity index (χ2v) is 4.68. The Morgan fingerprint density at radius 1 is 1.00 bits per heavy atom. The van der Waals surface area contributed by atoms with E-state index < -0.39 is 23.5 Å². The zero-order valence-corrected chi connectivity index (χ0v) is 10.8. The summed E-state index contributed by atoms with van der Waals surface area (Å²) in [6, 6.07) is 5.43. The zero-order valence-electron chi connectivity index (χ0n) is 10.1. The van der Waals surface area contributed by atoms with Crippen LogP contribution in [-0.4, -0.2) is 0 Å². The Bertz CT molecular complexity index is 628. The molecule has 0 bridgehead atoms. The van der Waals surface area contributed by atoms with Gasteiger partial charge in [-0.15, -0.1) is 0 Å². The highest BCUT2D eigenvalue weighted by molar-refractivity contribution is 6.30. The van der Waals surface area contributed by atoms with Gasteiger partial charge in [0.05, 0.1) is 6.04 Å². The molecule has 100 valence electrons. The second-order valence-electron chi connectivity index (χ2n) is 4.24. The summed E-state index contributed by atoms with van der Waals surface area (Å²) in [5.41, 5.74) is 5.88. The Labute approximate surface area is 113 Å². The standard InChI is InChI=1S/C14H11ClF3N/c1-7-2-4-9(13(18)12(7)17)14(19)10-6-8(15)3-5-11(10)16/h2-6,14H,19H2,1H3. The van der Waals surface area contributed by atoms with E-state index in [0.29, 0.717) is 0 Å². The van der Waals surface area contributed by atoms with Crippen molar-refractivity contribution in [2.24, 2.45) is 5.73 Å². The molecule has 0 fully saturated rings. The van der Waals surface area contributed by atoms with Crippen LogP contribution in [0, 0.1) is 24.4 Å². The molecule has 0 aromatic heterocycles. The van der Waals surface area contributed by atoms with E-state index in [-0.39, 0.29) is 21.7 Å². The molecule has 1 atom stereocenters. The predicted octanol–water partition coefficient (Wildman–Crippen LogP) is 4.11. The normalized spacial score (nSPS) is 12.5. The van der Waals surface area contributed by atoms with Crippen molar-refractivity contribution in [2.75, 3.05) is 0 Å². The molecule has 2 aromatic rings. The van der Waals surface area contributed by atoms with Gasteiger partial charge in [-0.25, -0.2) is 13.2 Å². The van der Waals surface area contributed by atoms with Crippen LogP contribution >= 0.6 is 11.6 Å². The summed E-state index contributed by atoms with van der Waals surface area (Å²) in [7, 11) is 0. The lowest BCUT2D eigenvalue weighted by Crippen LogP contribution is -2.16. The first-order valence-corrected chi connectivity index (χ1v) is 5.94. The SMILES string of the molecule is Cc1ccc(C(N)c2cc(Cl)ccc2F)c(F)c1F. The second kappa shape index (κ2) is 5.23. The molecule has 0 saturated heterocycles. The third kappa shape index (κ3) is 2.60. The zero-order chi connectivity index (χ0) is 14.2. The maximum absolute atomic E-state index is 13.8. The number of aryl methyl sites for hydroxylation is 1. The third-order valence-electron chi connectivity index (χ3n) is 2.93. The maximum atomic E-state index is 13.8. The van der Waals surface area contributed by atoms with Crippen LogP contribution in [0.4, 0.5) is 13.2 Å². The average Bonchev–Trinajstić information content (AvgIpc) is 2.38. The van der Waals surface area contributed by atoms with E-state index >= 15 is 0 Å². The number of benzene rings is 2.